The highest BCUT2D eigenvalue weighted by Crippen LogP contribution is 2.39. The summed E-state index contributed by atoms with van der Waals surface area (Å²) < 4.78 is 10.1. The topological polar surface area (TPSA) is 159 Å². The van der Waals surface area contributed by atoms with Crippen LogP contribution in [0.2, 0.25) is 10.0 Å². The molecular weight excluding hydrogens is 719 g/mol. The second-order valence-electron chi connectivity index (χ2n) is 12.9. The van der Waals surface area contributed by atoms with E-state index in [0.717, 1.165) is 11.1 Å². The van der Waals surface area contributed by atoms with Crippen molar-refractivity contribution >= 4 is 52.8 Å². The lowest BCUT2D eigenvalue weighted by atomic mass is 9.88. The van der Waals surface area contributed by atoms with Gasteiger partial charge in [0.15, 0.2) is 13.2 Å². The third-order valence-electron chi connectivity index (χ3n) is 9.66. The van der Waals surface area contributed by atoms with Crippen LogP contribution in [0.15, 0.2) is 103 Å². The van der Waals surface area contributed by atoms with Crippen LogP contribution >= 0.6 is 23.2 Å². The van der Waals surface area contributed by atoms with E-state index in [0.29, 0.717) is 27.6 Å². The predicted molar refractivity (Wildman–Crippen MR) is 200 cm³/mol. The number of carbonyl (C=O) groups excluding carboxylic acids is 5. The van der Waals surface area contributed by atoms with Gasteiger partial charge in [0.25, 0.3) is 17.7 Å². The van der Waals surface area contributed by atoms with Gasteiger partial charge in [0.1, 0.15) is 11.8 Å². The molecule has 0 aliphatic carbocycles. The number of halogens is 2. The van der Waals surface area contributed by atoms with Crippen molar-refractivity contribution in [3.63, 3.8) is 0 Å². The molecule has 4 N–H and O–H groups in total. The van der Waals surface area contributed by atoms with Gasteiger partial charge in [-0.1, -0.05) is 102 Å². The molecule has 5 rings (SSSR count). The van der Waals surface area contributed by atoms with Gasteiger partial charge in [-0.15, -0.1) is 0 Å². The fraction of sp³-hybridized carbons (Fsp3) is 0.275. The zero-order valence-electron chi connectivity index (χ0n) is 29.2. The van der Waals surface area contributed by atoms with E-state index < -0.39 is 65.7 Å². The Bertz CT molecular complexity index is 1920. The standard InChI is InChI=1S/C40H40Cl2N4O7/c1-52-34-15-9-8-14-31(34)38(39(44)50)46(21-19-28-16-17-29(41)22-32(28)42)24-36(48)45(33(23-37(46)49)40(51)53-25-35(43)47)20-18-30(26-10-4-2-5-11-26)27-12-6-3-7-13-27/h2-17,22,30,33,38H,18-21,23-25H2,1H3,(H3-,43,44,47,50)/p+1. The Hall–Kier alpha value is -5.23. The van der Waals surface area contributed by atoms with Crippen molar-refractivity contribution in [1.29, 1.82) is 0 Å². The number of nitrogens with two attached hydrogens (primary N) is 2. The molecule has 0 saturated carbocycles. The number of benzene rings is 4. The normalized spacial score (nSPS) is 18.0. The average Bonchev–Trinajstić information content (AvgIpc) is 3.24. The van der Waals surface area contributed by atoms with Gasteiger partial charge in [-0.2, -0.15) is 0 Å². The fourth-order valence-electron chi connectivity index (χ4n) is 7.11. The average molecular weight is 761 g/mol. The lowest BCUT2D eigenvalue weighted by molar-refractivity contribution is -0.868. The van der Waals surface area contributed by atoms with Crippen LogP contribution in [0, 0.1) is 0 Å². The number of carbonyl (C=O) groups is 5. The number of primary amides is 2. The van der Waals surface area contributed by atoms with E-state index in [1.54, 1.807) is 42.5 Å². The second-order valence-corrected chi connectivity index (χ2v) is 13.7. The Morgan fingerprint density at radius 1 is 0.887 bits per heavy atom. The molecule has 276 valence electrons. The molecule has 4 aromatic carbocycles. The molecular formula is C40H41Cl2N4O7+. The van der Waals surface area contributed by atoms with E-state index in [9.17, 15) is 24.0 Å². The minimum absolute atomic E-state index is 0.0236. The van der Waals surface area contributed by atoms with E-state index in [2.05, 4.69) is 0 Å². The number of ether oxygens (including phenoxy) is 2. The van der Waals surface area contributed by atoms with Gasteiger partial charge in [-0.3, -0.25) is 14.4 Å². The van der Waals surface area contributed by atoms with Crippen molar-refractivity contribution in [3.05, 3.63) is 135 Å². The monoisotopic (exact) mass is 759 g/mol. The molecule has 3 atom stereocenters. The number of amides is 4. The van der Waals surface area contributed by atoms with Gasteiger partial charge in [-0.25, -0.2) is 14.1 Å². The van der Waals surface area contributed by atoms with Gasteiger partial charge in [0.2, 0.25) is 6.04 Å². The van der Waals surface area contributed by atoms with Crippen LogP contribution in [0.25, 0.3) is 0 Å². The summed E-state index contributed by atoms with van der Waals surface area (Å²) in [6.07, 6.45) is -0.0491. The molecule has 11 nitrogen and oxygen atoms in total. The minimum Gasteiger partial charge on any atom is -0.496 e. The number of rotatable bonds is 15. The lowest BCUT2D eigenvalue weighted by Gasteiger charge is -2.40. The van der Waals surface area contributed by atoms with Crippen molar-refractivity contribution in [2.45, 2.75) is 37.3 Å². The van der Waals surface area contributed by atoms with Crippen LogP contribution in [-0.4, -0.2) is 78.4 Å². The zero-order valence-corrected chi connectivity index (χ0v) is 30.7. The van der Waals surface area contributed by atoms with Crippen LogP contribution in [0.1, 0.15) is 47.1 Å². The van der Waals surface area contributed by atoms with Gasteiger partial charge < -0.3 is 25.8 Å². The number of hydrogen-bond acceptors (Lipinski definition) is 7. The van der Waals surface area contributed by atoms with Gasteiger partial charge in [0, 0.05) is 28.9 Å². The van der Waals surface area contributed by atoms with Gasteiger partial charge in [-0.05, 0) is 47.4 Å². The summed E-state index contributed by atoms with van der Waals surface area (Å²) in [4.78, 5) is 70.1. The molecule has 0 bridgehead atoms. The number of esters is 1. The van der Waals surface area contributed by atoms with Crippen molar-refractivity contribution < 1.29 is 37.9 Å². The number of hydrogen-bond donors (Lipinski definition) is 2. The molecule has 1 aliphatic heterocycles. The highest BCUT2D eigenvalue weighted by Gasteiger charge is 2.55. The molecule has 1 aliphatic rings. The molecule has 13 heteroatoms. The Balaban J connectivity index is 1.62. The van der Waals surface area contributed by atoms with E-state index in [1.165, 1.54) is 12.0 Å². The second kappa shape index (κ2) is 17.5. The molecule has 0 spiro atoms. The van der Waals surface area contributed by atoms with Gasteiger partial charge >= 0.3 is 11.9 Å². The maximum absolute atomic E-state index is 14.9. The molecule has 3 unspecified atom stereocenters. The zero-order chi connectivity index (χ0) is 38.1. The maximum atomic E-state index is 14.9. The first kappa shape index (κ1) is 39.0. The van der Waals surface area contributed by atoms with E-state index in [-0.39, 0.29) is 31.2 Å². The Morgan fingerprint density at radius 2 is 1.51 bits per heavy atom. The SMILES string of the molecule is COc1ccccc1C(C(N)=O)[N+]1(CCc2ccc(Cl)cc2Cl)CC(=O)N(CCC(c2ccccc2)c2ccccc2)C(C(=O)OCC(N)=O)CC1=O. The summed E-state index contributed by atoms with van der Waals surface area (Å²) in [5.74, 6) is -3.89. The Morgan fingerprint density at radius 3 is 2.09 bits per heavy atom. The highest BCUT2D eigenvalue weighted by atomic mass is 35.5. The molecule has 1 saturated heterocycles. The lowest BCUT2D eigenvalue weighted by Crippen LogP contribution is -2.61. The van der Waals surface area contributed by atoms with Crippen LogP contribution in [0.4, 0.5) is 0 Å². The largest absolute Gasteiger partial charge is 0.496 e. The maximum Gasteiger partial charge on any atom is 0.330 e. The quantitative estimate of drug-likeness (QED) is 0.128. The van der Waals surface area contributed by atoms with Gasteiger partial charge in [0.05, 0.1) is 25.6 Å². The molecule has 4 amide bonds. The first-order valence-corrected chi connectivity index (χ1v) is 17.8. The minimum atomic E-state index is -1.44. The molecule has 0 radical (unpaired) electrons. The number of methoxy groups -OCH3 is 1. The van der Waals surface area contributed by atoms with E-state index in [1.807, 2.05) is 60.7 Å². The predicted octanol–water partition coefficient (Wildman–Crippen LogP) is 4.97. The van der Waals surface area contributed by atoms with Crippen LogP contribution in [0.5, 0.6) is 5.75 Å². The Labute approximate surface area is 317 Å². The summed E-state index contributed by atoms with van der Waals surface area (Å²) in [6, 6.07) is 28.1. The molecule has 53 heavy (non-hydrogen) atoms. The Kier molecular flexibility index (Phi) is 12.9. The van der Waals surface area contributed by atoms with Crippen LogP contribution in [0.3, 0.4) is 0 Å². The summed E-state index contributed by atoms with van der Waals surface area (Å²) in [7, 11) is 1.42. The van der Waals surface area contributed by atoms with Crippen molar-refractivity contribution in [1.82, 2.24) is 4.90 Å². The first-order chi connectivity index (χ1) is 25.4. The summed E-state index contributed by atoms with van der Waals surface area (Å²) in [6.45, 7) is -1.36. The summed E-state index contributed by atoms with van der Waals surface area (Å²) >= 11 is 12.7. The van der Waals surface area contributed by atoms with E-state index >= 15 is 0 Å². The molecule has 0 aromatic heterocycles. The number of para-hydroxylation sites is 1. The molecule has 1 heterocycles. The smallest absolute Gasteiger partial charge is 0.330 e. The number of quaternary nitrogens is 1. The molecule has 4 aromatic rings. The van der Waals surface area contributed by atoms with Crippen LogP contribution in [-0.2, 0) is 35.1 Å². The van der Waals surface area contributed by atoms with Crippen molar-refractivity contribution in [3.8, 4) is 5.75 Å². The summed E-state index contributed by atoms with van der Waals surface area (Å²) in [5.41, 5.74) is 14.3. The van der Waals surface area contributed by atoms with Crippen molar-refractivity contribution in [2.75, 3.05) is 33.4 Å². The molecule has 1 fully saturated rings. The third kappa shape index (κ3) is 9.05. The van der Waals surface area contributed by atoms with E-state index in [4.69, 9.17) is 44.1 Å². The highest BCUT2D eigenvalue weighted by molar-refractivity contribution is 6.35. The van der Waals surface area contributed by atoms with Crippen LogP contribution < -0.4 is 16.2 Å². The third-order valence-corrected chi connectivity index (χ3v) is 10.2. The number of nitrogens with zero attached hydrogens (tertiary/aromatic N) is 2. The summed E-state index contributed by atoms with van der Waals surface area (Å²) in [5, 5.41) is 0.740. The first-order valence-electron chi connectivity index (χ1n) is 17.1. The fourth-order valence-corrected chi connectivity index (χ4v) is 7.62. The van der Waals surface area contributed by atoms with Crippen molar-refractivity contribution in [2.24, 2.45) is 11.5 Å².